The molecule has 0 unspecified atom stereocenters. The molecule has 0 saturated heterocycles. The van der Waals surface area contributed by atoms with E-state index in [1.165, 1.54) is 13.8 Å². The predicted octanol–water partition coefficient (Wildman–Crippen LogP) is 0.368. The van der Waals surface area contributed by atoms with Gasteiger partial charge < -0.3 is 14.2 Å². The number of carbonyl (C=O) groups excluding carboxylic acids is 3. The Labute approximate surface area is 119 Å². The summed E-state index contributed by atoms with van der Waals surface area (Å²) in [5.74, 6) is -0.983. The zero-order valence-electron chi connectivity index (χ0n) is 12.3. The molecule has 20 heavy (non-hydrogen) atoms. The normalized spacial score (nSPS) is 10.2. The van der Waals surface area contributed by atoms with Gasteiger partial charge in [0.25, 0.3) is 0 Å². The summed E-state index contributed by atoms with van der Waals surface area (Å²) in [6, 6.07) is 0. The highest BCUT2D eigenvalue weighted by Gasteiger charge is 2.10. The SMILES string of the molecule is CCOC(=O)CCN(CCOC(C)=O)CCOC(C)=O. The maximum Gasteiger partial charge on any atom is 0.307 e. The standard InChI is InChI=1S/C13H23NO6/c1-4-18-13(17)5-6-14(7-9-19-11(2)15)8-10-20-12(3)16/h4-10H2,1-3H3. The zero-order chi connectivity index (χ0) is 15.4. The lowest BCUT2D eigenvalue weighted by Crippen LogP contribution is -2.34. The van der Waals surface area contributed by atoms with Crippen LogP contribution in [0.2, 0.25) is 0 Å². The van der Waals surface area contributed by atoms with Gasteiger partial charge in [-0.1, -0.05) is 0 Å². The van der Waals surface area contributed by atoms with Crippen LogP contribution in [0, 0.1) is 0 Å². The lowest BCUT2D eigenvalue weighted by atomic mass is 10.3. The highest BCUT2D eigenvalue weighted by molar-refractivity contribution is 5.69. The fraction of sp³-hybridized carbons (Fsp3) is 0.769. The zero-order valence-corrected chi connectivity index (χ0v) is 12.3. The van der Waals surface area contributed by atoms with Crippen molar-refractivity contribution in [1.82, 2.24) is 4.90 Å². The van der Waals surface area contributed by atoms with E-state index in [2.05, 4.69) is 0 Å². The molecule has 0 rings (SSSR count). The van der Waals surface area contributed by atoms with Crippen LogP contribution in [0.4, 0.5) is 0 Å². The number of ether oxygens (including phenoxy) is 3. The molecule has 7 nitrogen and oxygen atoms in total. The molecule has 0 aliphatic rings. The van der Waals surface area contributed by atoms with E-state index >= 15 is 0 Å². The van der Waals surface area contributed by atoms with Gasteiger partial charge in [0.15, 0.2) is 0 Å². The smallest absolute Gasteiger partial charge is 0.307 e. The molecule has 0 fully saturated rings. The van der Waals surface area contributed by atoms with Gasteiger partial charge in [-0.2, -0.15) is 0 Å². The van der Waals surface area contributed by atoms with Crippen molar-refractivity contribution in [2.24, 2.45) is 0 Å². The van der Waals surface area contributed by atoms with Gasteiger partial charge in [0.1, 0.15) is 13.2 Å². The maximum atomic E-state index is 11.3. The van der Waals surface area contributed by atoms with Crippen molar-refractivity contribution in [2.75, 3.05) is 39.5 Å². The second-order valence-electron chi connectivity index (χ2n) is 4.08. The predicted molar refractivity (Wildman–Crippen MR) is 71.0 cm³/mol. The van der Waals surface area contributed by atoms with Crippen LogP contribution >= 0.6 is 0 Å². The van der Waals surface area contributed by atoms with Gasteiger partial charge in [0.05, 0.1) is 13.0 Å². The van der Waals surface area contributed by atoms with E-state index in [1.54, 1.807) is 6.92 Å². The van der Waals surface area contributed by atoms with E-state index in [9.17, 15) is 14.4 Å². The van der Waals surface area contributed by atoms with Crippen molar-refractivity contribution in [3.63, 3.8) is 0 Å². The lowest BCUT2D eigenvalue weighted by molar-refractivity contribution is -0.145. The Morgan fingerprint density at radius 2 is 1.35 bits per heavy atom. The number of esters is 3. The molecule has 0 atom stereocenters. The van der Waals surface area contributed by atoms with Crippen LogP contribution < -0.4 is 0 Å². The van der Waals surface area contributed by atoms with Crippen LogP contribution in [-0.2, 0) is 28.6 Å². The molecular weight excluding hydrogens is 266 g/mol. The minimum Gasteiger partial charge on any atom is -0.466 e. The fourth-order valence-corrected chi connectivity index (χ4v) is 1.45. The maximum absolute atomic E-state index is 11.3. The Hall–Kier alpha value is -1.63. The van der Waals surface area contributed by atoms with E-state index in [4.69, 9.17) is 14.2 Å². The van der Waals surface area contributed by atoms with Gasteiger partial charge in [0.2, 0.25) is 0 Å². The summed E-state index contributed by atoms with van der Waals surface area (Å²) in [6.07, 6.45) is 0.244. The molecule has 0 N–H and O–H groups in total. The van der Waals surface area contributed by atoms with E-state index in [-0.39, 0.29) is 37.5 Å². The first kappa shape index (κ1) is 18.4. The van der Waals surface area contributed by atoms with Crippen LogP contribution in [-0.4, -0.2) is 62.3 Å². The molecule has 0 aromatic heterocycles. The molecule has 0 saturated carbocycles. The van der Waals surface area contributed by atoms with Crippen molar-refractivity contribution < 1.29 is 28.6 Å². The summed E-state index contributed by atoms with van der Waals surface area (Å²) < 4.78 is 14.5. The third kappa shape index (κ3) is 11.5. The topological polar surface area (TPSA) is 82.1 Å². The second-order valence-corrected chi connectivity index (χ2v) is 4.08. The quantitative estimate of drug-likeness (QED) is 0.424. The summed E-state index contributed by atoms with van der Waals surface area (Å²) in [6.45, 7) is 6.64. The molecule has 0 aliphatic carbocycles. The number of nitrogens with zero attached hydrogens (tertiary/aromatic N) is 1. The van der Waals surface area contributed by atoms with Crippen molar-refractivity contribution >= 4 is 17.9 Å². The van der Waals surface area contributed by atoms with Crippen LogP contribution in [0.1, 0.15) is 27.2 Å². The fourth-order valence-electron chi connectivity index (χ4n) is 1.45. The first-order valence-electron chi connectivity index (χ1n) is 6.60. The van der Waals surface area contributed by atoms with Crippen LogP contribution in [0.5, 0.6) is 0 Å². The molecular formula is C13H23NO6. The van der Waals surface area contributed by atoms with Crippen LogP contribution in [0.25, 0.3) is 0 Å². The van der Waals surface area contributed by atoms with Crippen molar-refractivity contribution in [2.45, 2.75) is 27.2 Å². The first-order valence-corrected chi connectivity index (χ1v) is 6.60. The van der Waals surface area contributed by atoms with E-state index in [0.29, 0.717) is 26.2 Å². The summed E-state index contributed by atoms with van der Waals surface area (Å²) in [4.78, 5) is 34.6. The van der Waals surface area contributed by atoms with Crippen molar-refractivity contribution in [1.29, 1.82) is 0 Å². The average Bonchev–Trinajstić information content (AvgIpc) is 2.34. The number of rotatable bonds is 10. The van der Waals surface area contributed by atoms with Gasteiger partial charge in [0, 0.05) is 33.5 Å². The van der Waals surface area contributed by atoms with Crippen molar-refractivity contribution in [3.8, 4) is 0 Å². The minimum absolute atomic E-state index is 0.234. The van der Waals surface area contributed by atoms with Crippen LogP contribution in [0.3, 0.4) is 0 Å². The van der Waals surface area contributed by atoms with Crippen LogP contribution in [0.15, 0.2) is 0 Å². The highest BCUT2D eigenvalue weighted by Crippen LogP contribution is 1.96. The van der Waals surface area contributed by atoms with E-state index in [1.807, 2.05) is 4.90 Å². The van der Waals surface area contributed by atoms with Gasteiger partial charge in [-0.05, 0) is 6.92 Å². The molecule has 0 aromatic carbocycles. The molecule has 116 valence electrons. The Morgan fingerprint density at radius 1 is 0.850 bits per heavy atom. The average molecular weight is 289 g/mol. The third-order valence-corrected chi connectivity index (χ3v) is 2.36. The molecule has 0 aliphatic heterocycles. The first-order chi connectivity index (χ1) is 9.45. The van der Waals surface area contributed by atoms with Gasteiger partial charge in [-0.15, -0.1) is 0 Å². The van der Waals surface area contributed by atoms with Gasteiger partial charge in [-0.25, -0.2) is 0 Å². The largest absolute Gasteiger partial charge is 0.466 e. The summed E-state index contributed by atoms with van der Waals surface area (Å²) in [5.41, 5.74) is 0. The molecule has 0 aromatic rings. The molecule has 0 radical (unpaired) electrons. The molecule has 0 bridgehead atoms. The summed E-state index contributed by atoms with van der Waals surface area (Å²) in [7, 11) is 0. The van der Waals surface area contributed by atoms with Crippen molar-refractivity contribution in [3.05, 3.63) is 0 Å². The highest BCUT2D eigenvalue weighted by atomic mass is 16.5. The number of hydrogen-bond acceptors (Lipinski definition) is 7. The molecule has 7 heteroatoms. The Bertz CT molecular complexity index is 298. The summed E-state index contributed by atoms with van der Waals surface area (Å²) >= 11 is 0. The molecule has 0 spiro atoms. The third-order valence-electron chi connectivity index (χ3n) is 2.36. The number of hydrogen-bond donors (Lipinski definition) is 0. The minimum atomic E-state index is -0.352. The monoisotopic (exact) mass is 289 g/mol. The summed E-state index contributed by atoms with van der Waals surface area (Å²) in [5, 5.41) is 0. The lowest BCUT2D eigenvalue weighted by Gasteiger charge is -2.21. The Morgan fingerprint density at radius 3 is 1.75 bits per heavy atom. The second kappa shape index (κ2) is 11.2. The van der Waals surface area contributed by atoms with Gasteiger partial charge in [-0.3, -0.25) is 19.3 Å². The number of carbonyl (C=O) groups is 3. The van der Waals surface area contributed by atoms with Gasteiger partial charge >= 0.3 is 17.9 Å². The Balaban J connectivity index is 4.05. The van der Waals surface area contributed by atoms with E-state index in [0.717, 1.165) is 0 Å². The molecule has 0 amide bonds. The Kier molecular flexibility index (Phi) is 10.3. The molecule has 0 heterocycles. The van der Waals surface area contributed by atoms with E-state index < -0.39 is 0 Å².